The lowest BCUT2D eigenvalue weighted by atomic mass is 10.3. The van der Waals surface area contributed by atoms with Gasteiger partial charge in [0.25, 0.3) is 0 Å². The van der Waals surface area contributed by atoms with E-state index in [1.165, 1.54) is 5.69 Å². The molecule has 2 aromatic heterocycles. The number of nitrogens with zero attached hydrogens (tertiary/aromatic N) is 4. The molecule has 0 spiro atoms. The third-order valence-corrected chi connectivity index (χ3v) is 2.26. The molecule has 0 saturated carbocycles. The lowest BCUT2D eigenvalue weighted by Gasteiger charge is -2.04. The third kappa shape index (κ3) is 2.47. The van der Waals surface area contributed by atoms with Crippen LogP contribution in [0.4, 0.5) is 11.6 Å². The van der Waals surface area contributed by atoms with E-state index in [4.69, 9.17) is 5.73 Å². The first-order valence-corrected chi connectivity index (χ1v) is 5.04. The molecule has 84 valence electrons. The average Bonchev–Trinajstić information content (AvgIpc) is 2.68. The zero-order chi connectivity index (χ0) is 11.4. The molecule has 0 unspecified atom stereocenters. The summed E-state index contributed by atoms with van der Waals surface area (Å²) in [5.74, 6) is 0.594. The second kappa shape index (κ2) is 4.61. The first kappa shape index (κ1) is 10.4. The van der Waals surface area contributed by atoms with Crippen LogP contribution in [0.3, 0.4) is 0 Å². The molecule has 0 aliphatic rings. The molecule has 2 rings (SSSR count). The number of anilines is 2. The first-order chi connectivity index (χ1) is 7.75. The predicted molar refractivity (Wildman–Crippen MR) is 61.8 cm³/mol. The smallest absolute Gasteiger partial charge is 0.222 e. The lowest BCUT2D eigenvalue weighted by molar-refractivity contribution is 0.710. The van der Waals surface area contributed by atoms with Gasteiger partial charge in [-0.1, -0.05) is 0 Å². The number of rotatable bonds is 4. The van der Waals surface area contributed by atoms with Crippen LogP contribution in [0, 0.1) is 0 Å². The third-order valence-electron chi connectivity index (χ3n) is 2.26. The Morgan fingerprint density at radius 3 is 2.75 bits per heavy atom. The molecule has 0 aliphatic heterocycles. The van der Waals surface area contributed by atoms with E-state index in [0.717, 1.165) is 13.0 Å². The van der Waals surface area contributed by atoms with E-state index in [-0.39, 0.29) is 0 Å². The van der Waals surface area contributed by atoms with Gasteiger partial charge in [-0.3, -0.25) is 4.68 Å². The highest BCUT2D eigenvalue weighted by Crippen LogP contribution is 2.02. The molecule has 3 N–H and O–H groups in total. The fourth-order valence-electron chi connectivity index (χ4n) is 1.38. The molecule has 0 fully saturated rings. The molecule has 6 heteroatoms. The fourth-order valence-corrected chi connectivity index (χ4v) is 1.38. The maximum atomic E-state index is 5.49. The maximum absolute atomic E-state index is 5.49. The van der Waals surface area contributed by atoms with Crippen LogP contribution < -0.4 is 11.1 Å². The van der Waals surface area contributed by atoms with Crippen LogP contribution in [0.5, 0.6) is 0 Å². The van der Waals surface area contributed by atoms with E-state index >= 15 is 0 Å². The molecular formula is C10H14N6. The van der Waals surface area contributed by atoms with Crippen LogP contribution >= 0.6 is 0 Å². The Labute approximate surface area is 93.5 Å². The van der Waals surface area contributed by atoms with Gasteiger partial charge in [-0.05, 0) is 6.07 Å². The zero-order valence-corrected chi connectivity index (χ0v) is 9.09. The molecule has 0 bridgehead atoms. The topological polar surface area (TPSA) is 81.7 Å². The predicted octanol–water partition coefficient (Wildman–Crippen LogP) is 0.447. The van der Waals surface area contributed by atoms with Gasteiger partial charge in [-0.25, -0.2) is 9.97 Å². The van der Waals surface area contributed by atoms with Gasteiger partial charge in [-0.15, -0.1) is 0 Å². The number of nitrogens with two attached hydrogens (primary N) is 1. The number of aromatic nitrogens is 4. The summed E-state index contributed by atoms with van der Waals surface area (Å²) >= 11 is 0. The summed E-state index contributed by atoms with van der Waals surface area (Å²) in [5, 5.41) is 7.21. The van der Waals surface area contributed by atoms with Crippen LogP contribution in [0.1, 0.15) is 5.69 Å². The normalized spacial score (nSPS) is 10.3. The summed E-state index contributed by atoms with van der Waals surface area (Å²) in [5.41, 5.74) is 7.22. The summed E-state index contributed by atoms with van der Waals surface area (Å²) in [6.07, 6.45) is 5.83. The molecular weight excluding hydrogens is 204 g/mol. The van der Waals surface area contributed by atoms with Gasteiger partial charge in [0.1, 0.15) is 0 Å². The number of nitrogen functional groups attached to an aromatic ring is 1. The standard InChI is InChI=1S/C10H14N6/c1-16-9(3-5-15-16)2-4-12-10-13-6-8(11)7-14-10/h3,5-7H,2,4,11H2,1H3,(H,12,13,14). The van der Waals surface area contributed by atoms with Crippen molar-refractivity contribution in [2.45, 2.75) is 6.42 Å². The Bertz CT molecular complexity index is 447. The lowest BCUT2D eigenvalue weighted by Crippen LogP contribution is -2.10. The zero-order valence-electron chi connectivity index (χ0n) is 9.09. The summed E-state index contributed by atoms with van der Waals surface area (Å²) in [6.45, 7) is 0.767. The van der Waals surface area contributed by atoms with Crippen molar-refractivity contribution < 1.29 is 0 Å². The van der Waals surface area contributed by atoms with Gasteiger partial charge in [0.2, 0.25) is 5.95 Å². The molecule has 0 aromatic carbocycles. The van der Waals surface area contributed by atoms with Crippen LogP contribution in [0.25, 0.3) is 0 Å². The van der Waals surface area contributed by atoms with Crippen molar-refractivity contribution in [3.63, 3.8) is 0 Å². The molecule has 2 heterocycles. The molecule has 6 nitrogen and oxygen atoms in total. The SMILES string of the molecule is Cn1nccc1CCNc1ncc(N)cn1. The average molecular weight is 218 g/mol. The minimum atomic E-state index is 0.567. The van der Waals surface area contributed by atoms with Crippen LogP contribution in [0.2, 0.25) is 0 Å². The first-order valence-electron chi connectivity index (χ1n) is 5.04. The number of nitrogens with one attached hydrogen (secondary N) is 1. The number of hydrogen-bond donors (Lipinski definition) is 2. The molecule has 0 radical (unpaired) electrons. The Morgan fingerprint density at radius 2 is 2.12 bits per heavy atom. The van der Waals surface area contributed by atoms with E-state index < -0.39 is 0 Å². The molecule has 2 aromatic rings. The molecule has 0 atom stereocenters. The second-order valence-electron chi connectivity index (χ2n) is 3.46. The fraction of sp³-hybridized carbons (Fsp3) is 0.300. The van der Waals surface area contributed by atoms with E-state index in [0.29, 0.717) is 11.6 Å². The Balaban J connectivity index is 1.84. The van der Waals surface area contributed by atoms with Crippen molar-refractivity contribution >= 4 is 11.6 Å². The van der Waals surface area contributed by atoms with Crippen molar-refractivity contribution in [1.29, 1.82) is 0 Å². The van der Waals surface area contributed by atoms with Gasteiger partial charge in [0.15, 0.2) is 0 Å². The van der Waals surface area contributed by atoms with E-state index in [1.54, 1.807) is 18.6 Å². The van der Waals surface area contributed by atoms with Gasteiger partial charge >= 0.3 is 0 Å². The highest BCUT2D eigenvalue weighted by molar-refractivity contribution is 5.35. The minimum Gasteiger partial charge on any atom is -0.396 e. The monoisotopic (exact) mass is 218 g/mol. The van der Waals surface area contributed by atoms with Gasteiger partial charge in [-0.2, -0.15) is 5.10 Å². The largest absolute Gasteiger partial charge is 0.396 e. The van der Waals surface area contributed by atoms with Crippen LogP contribution in [-0.2, 0) is 13.5 Å². The Morgan fingerprint density at radius 1 is 1.38 bits per heavy atom. The van der Waals surface area contributed by atoms with Crippen LogP contribution in [-0.4, -0.2) is 26.3 Å². The maximum Gasteiger partial charge on any atom is 0.222 e. The summed E-state index contributed by atoms with van der Waals surface area (Å²) in [4.78, 5) is 8.10. The number of hydrogen-bond acceptors (Lipinski definition) is 5. The summed E-state index contributed by atoms with van der Waals surface area (Å²) in [6, 6.07) is 1.99. The second-order valence-corrected chi connectivity index (χ2v) is 3.46. The van der Waals surface area contributed by atoms with Crippen molar-refractivity contribution in [3.8, 4) is 0 Å². The van der Waals surface area contributed by atoms with Crippen molar-refractivity contribution in [3.05, 3.63) is 30.4 Å². The van der Waals surface area contributed by atoms with Crippen molar-refractivity contribution in [2.24, 2.45) is 7.05 Å². The summed E-state index contributed by atoms with van der Waals surface area (Å²) < 4.78 is 1.85. The highest BCUT2D eigenvalue weighted by Gasteiger charge is 1.99. The Hall–Kier alpha value is -2.11. The van der Waals surface area contributed by atoms with E-state index in [1.807, 2.05) is 17.8 Å². The Kier molecular flexibility index (Phi) is 3.00. The van der Waals surface area contributed by atoms with Gasteiger partial charge in [0.05, 0.1) is 18.1 Å². The van der Waals surface area contributed by atoms with Crippen molar-refractivity contribution in [1.82, 2.24) is 19.7 Å². The molecule has 0 amide bonds. The quantitative estimate of drug-likeness (QED) is 0.778. The van der Waals surface area contributed by atoms with Crippen molar-refractivity contribution in [2.75, 3.05) is 17.6 Å². The molecule has 16 heavy (non-hydrogen) atoms. The minimum absolute atomic E-state index is 0.567. The molecule has 0 aliphatic carbocycles. The van der Waals surface area contributed by atoms with Gasteiger partial charge in [0, 0.05) is 31.9 Å². The highest BCUT2D eigenvalue weighted by atomic mass is 15.3. The summed E-state index contributed by atoms with van der Waals surface area (Å²) in [7, 11) is 1.93. The van der Waals surface area contributed by atoms with Crippen LogP contribution in [0.15, 0.2) is 24.7 Å². The van der Waals surface area contributed by atoms with E-state index in [9.17, 15) is 0 Å². The van der Waals surface area contributed by atoms with E-state index in [2.05, 4.69) is 20.4 Å². The number of aryl methyl sites for hydroxylation is 1. The molecule has 0 saturated heterocycles. The van der Waals surface area contributed by atoms with Gasteiger partial charge < -0.3 is 11.1 Å².